The van der Waals surface area contributed by atoms with Gasteiger partial charge in [-0.3, -0.25) is 5.73 Å². The molecule has 9 heavy (non-hydrogen) atoms. The number of carbonyl (C=O) groups is 1. The maximum Gasteiger partial charge on any atom is 0.353 e. The predicted molar refractivity (Wildman–Crippen MR) is 31.6 cm³/mol. The number of rotatable bonds is 2. The molecule has 54 valence electrons. The van der Waals surface area contributed by atoms with E-state index in [0.29, 0.717) is 0 Å². The van der Waals surface area contributed by atoms with Crippen LogP contribution < -0.4 is 5.73 Å². The Labute approximate surface area is 53.9 Å². The number of ether oxygens (including phenoxy) is 2. The molecule has 1 atom stereocenters. The highest BCUT2D eigenvalue weighted by Gasteiger charge is 2.28. The molecule has 0 spiro atoms. The van der Waals surface area contributed by atoms with E-state index in [9.17, 15) is 4.79 Å². The van der Waals surface area contributed by atoms with Crippen molar-refractivity contribution in [3.8, 4) is 0 Å². The minimum absolute atomic E-state index is 0.579. The van der Waals surface area contributed by atoms with Gasteiger partial charge >= 0.3 is 5.97 Å². The van der Waals surface area contributed by atoms with Crippen LogP contribution >= 0.6 is 0 Å². The summed E-state index contributed by atoms with van der Waals surface area (Å²) in [5.74, 6) is -0.579. The van der Waals surface area contributed by atoms with Crippen molar-refractivity contribution in [2.75, 3.05) is 14.2 Å². The first kappa shape index (κ1) is 8.39. The Bertz CT molecular complexity index is 111. The Morgan fingerprint density at radius 1 is 1.56 bits per heavy atom. The Morgan fingerprint density at radius 3 is 2.11 bits per heavy atom. The lowest BCUT2D eigenvalue weighted by Gasteiger charge is -2.18. The molecule has 0 rings (SSSR count). The van der Waals surface area contributed by atoms with Crippen LogP contribution in [0.1, 0.15) is 6.92 Å². The number of hydrogen-bond donors (Lipinski definition) is 1. The molecule has 0 aromatic heterocycles. The lowest BCUT2D eigenvalue weighted by molar-refractivity contribution is -0.163. The average molecular weight is 133 g/mol. The number of esters is 1. The van der Waals surface area contributed by atoms with Crippen molar-refractivity contribution in [3.63, 3.8) is 0 Å². The zero-order valence-corrected chi connectivity index (χ0v) is 5.80. The summed E-state index contributed by atoms with van der Waals surface area (Å²) in [6.45, 7) is 1.43. The smallest absolute Gasteiger partial charge is 0.353 e. The van der Waals surface area contributed by atoms with Gasteiger partial charge in [-0.05, 0) is 6.92 Å². The Hall–Kier alpha value is -0.610. The second-order valence-corrected chi connectivity index (χ2v) is 1.80. The lowest BCUT2D eigenvalue weighted by atomic mass is 10.3. The van der Waals surface area contributed by atoms with Crippen molar-refractivity contribution >= 4 is 5.97 Å². The first-order chi connectivity index (χ1) is 4.04. The Kier molecular flexibility index (Phi) is 2.61. The SMILES string of the molecule is COC(=O)[C@](C)(N)OC. The highest BCUT2D eigenvalue weighted by molar-refractivity contribution is 5.77. The van der Waals surface area contributed by atoms with Gasteiger partial charge in [0.25, 0.3) is 0 Å². The molecule has 0 fully saturated rings. The van der Waals surface area contributed by atoms with Crippen molar-refractivity contribution in [3.05, 3.63) is 0 Å². The molecular formula is C5H11NO3. The van der Waals surface area contributed by atoms with Crippen LogP contribution in [0.2, 0.25) is 0 Å². The Balaban J connectivity index is 3.97. The summed E-state index contributed by atoms with van der Waals surface area (Å²) in [6.07, 6.45) is 0. The monoisotopic (exact) mass is 133 g/mol. The van der Waals surface area contributed by atoms with Crippen molar-refractivity contribution in [2.24, 2.45) is 5.73 Å². The molecule has 0 saturated heterocycles. The number of hydrogen-bond acceptors (Lipinski definition) is 4. The molecule has 0 aliphatic heterocycles. The van der Waals surface area contributed by atoms with Crippen LogP contribution in [0.5, 0.6) is 0 Å². The van der Waals surface area contributed by atoms with E-state index in [0.717, 1.165) is 0 Å². The van der Waals surface area contributed by atoms with Crippen LogP contribution in [-0.2, 0) is 14.3 Å². The van der Waals surface area contributed by atoms with Crippen molar-refractivity contribution < 1.29 is 14.3 Å². The van der Waals surface area contributed by atoms with Gasteiger partial charge in [-0.1, -0.05) is 0 Å². The fraction of sp³-hybridized carbons (Fsp3) is 0.800. The highest BCUT2D eigenvalue weighted by Crippen LogP contribution is 2.00. The third-order valence-electron chi connectivity index (χ3n) is 1.01. The van der Waals surface area contributed by atoms with Gasteiger partial charge in [-0.2, -0.15) is 0 Å². The van der Waals surface area contributed by atoms with Gasteiger partial charge in [-0.15, -0.1) is 0 Å². The minimum atomic E-state index is -1.31. The van der Waals surface area contributed by atoms with Gasteiger partial charge < -0.3 is 9.47 Å². The molecule has 4 nitrogen and oxygen atoms in total. The second kappa shape index (κ2) is 2.80. The normalized spacial score (nSPS) is 16.4. The summed E-state index contributed by atoms with van der Waals surface area (Å²) in [5, 5.41) is 0. The lowest BCUT2D eigenvalue weighted by Crippen LogP contribution is -2.47. The van der Waals surface area contributed by atoms with Crippen LogP contribution in [0.15, 0.2) is 0 Å². The minimum Gasteiger partial charge on any atom is -0.466 e. The Morgan fingerprint density at radius 2 is 2.00 bits per heavy atom. The molecule has 0 radical (unpaired) electrons. The van der Waals surface area contributed by atoms with Gasteiger partial charge in [0.1, 0.15) is 0 Å². The number of nitrogens with two attached hydrogens (primary N) is 1. The van der Waals surface area contributed by atoms with E-state index in [-0.39, 0.29) is 0 Å². The standard InChI is InChI=1S/C5H11NO3/c1-5(6,9-3)4(7)8-2/h6H2,1-3H3/t5-/m1/s1. The number of carbonyl (C=O) groups excluding carboxylic acids is 1. The van der Waals surface area contributed by atoms with Gasteiger partial charge in [0.2, 0.25) is 5.72 Å². The van der Waals surface area contributed by atoms with E-state index < -0.39 is 11.7 Å². The van der Waals surface area contributed by atoms with E-state index in [2.05, 4.69) is 9.47 Å². The van der Waals surface area contributed by atoms with E-state index in [1.807, 2.05) is 0 Å². The van der Waals surface area contributed by atoms with Crippen LogP contribution in [0.25, 0.3) is 0 Å². The van der Waals surface area contributed by atoms with E-state index >= 15 is 0 Å². The van der Waals surface area contributed by atoms with E-state index in [4.69, 9.17) is 5.73 Å². The molecule has 0 unspecified atom stereocenters. The van der Waals surface area contributed by atoms with E-state index in [1.165, 1.54) is 21.1 Å². The zero-order valence-electron chi connectivity index (χ0n) is 5.80. The van der Waals surface area contributed by atoms with Crippen LogP contribution in [-0.4, -0.2) is 25.9 Å². The quantitative estimate of drug-likeness (QED) is 0.406. The molecule has 0 aromatic carbocycles. The van der Waals surface area contributed by atoms with Gasteiger partial charge in [-0.25, -0.2) is 4.79 Å². The molecule has 0 aliphatic rings. The van der Waals surface area contributed by atoms with Crippen LogP contribution in [0.3, 0.4) is 0 Å². The maximum absolute atomic E-state index is 10.6. The second-order valence-electron chi connectivity index (χ2n) is 1.80. The fourth-order valence-electron chi connectivity index (χ4n) is 0.286. The molecule has 0 saturated carbocycles. The molecule has 2 N–H and O–H groups in total. The summed E-state index contributed by atoms with van der Waals surface area (Å²) in [6, 6.07) is 0. The largest absolute Gasteiger partial charge is 0.466 e. The van der Waals surface area contributed by atoms with Crippen LogP contribution in [0, 0.1) is 0 Å². The third-order valence-corrected chi connectivity index (χ3v) is 1.01. The molecule has 0 aliphatic carbocycles. The van der Waals surface area contributed by atoms with Gasteiger partial charge in [0.15, 0.2) is 0 Å². The van der Waals surface area contributed by atoms with E-state index in [1.54, 1.807) is 0 Å². The van der Waals surface area contributed by atoms with Crippen molar-refractivity contribution in [1.29, 1.82) is 0 Å². The molecule has 0 bridgehead atoms. The summed E-state index contributed by atoms with van der Waals surface area (Å²) in [4.78, 5) is 10.6. The fourth-order valence-corrected chi connectivity index (χ4v) is 0.286. The summed E-state index contributed by atoms with van der Waals surface area (Å²) >= 11 is 0. The number of methoxy groups -OCH3 is 2. The highest BCUT2D eigenvalue weighted by atomic mass is 16.6. The average Bonchev–Trinajstić information content (AvgIpc) is 1.86. The maximum atomic E-state index is 10.6. The first-order valence-electron chi connectivity index (χ1n) is 2.47. The third kappa shape index (κ3) is 1.99. The first-order valence-corrected chi connectivity index (χ1v) is 2.47. The molecule has 0 heterocycles. The molecule has 0 aromatic rings. The van der Waals surface area contributed by atoms with Crippen molar-refractivity contribution in [1.82, 2.24) is 0 Å². The zero-order chi connectivity index (χ0) is 7.49. The van der Waals surface area contributed by atoms with Gasteiger partial charge in [0, 0.05) is 7.11 Å². The van der Waals surface area contributed by atoms with Gasteiger partial charge in [0.05, 0.1) is 7.11 Å². The van der Waals surface area contributed by atoms with Crippen molar-refractivity contribution in [2.45, 2.75) is 12.6 Å². The molecular weight excluding hydrogens is 122 g/mol. The van der Waals surface area contributed by atoms with Crippen LogP contribution in [0.4, 0.5) is 0 Å². The molecule has 4 heteroatoms. The predicted octanol–water partition coefficient (Wildman–Crippen LogP) is -0.519. The molecule has 0 amide bonds. The summed E-state index contributed by atoms with van der Waals surface area (Å²) in [7, 11) is 2.60. The summed E-state index contributed by atoms with van der Waals surface area (Å²) < 4.78 is 8.91. The topological polar surface area (TPSA) is 61.5 Å². The summed E-state index contributed by atoms with van der Waals surface area (Å²) in [5.41, 5.74) is 3.96.